The normalized spacial score (nSPS) is 45.9. The van der Waals surface area contributed by atoms with E-state index in [2.05, 4.69) is 0 Å². The predicted molar refractivity (Wildman–Crippen MR) is 329 cm³/mol. The van der Waals surface area contributed by atoms with Crippen LogP contribution < -0.4 is 0 Å². The molecule has 0 radical (unpaired) electrons. The summed E-state index contributed by atoms with van der Waals surface area (Å²) < 4.78 is 211. The molecule has 21 fully saturated rings. The SMILES string of the molecule is COC[C@H]1O[C@@H]2O[C@H]3[C@H](OC)[C@@H](OC)[C@H](O[C@@H]3[C@@H](O)C#N)O[C@H]3[C@H](OC)[C@@H](OC)[C@@H](O[C@H]4[C@H](OC)[C@@H](OC)[C@@H](O[C@H]5[C@H](OC)[C@@H](OC)[C@H](O[C@@H]5[C@@H](O)C#N)O[C@H]5[C@H](OC)[C@@H](OC)[C@@H](O[C@H]6[C@H](OC)[C@@H](OC)[C@@H](O[C@H]1[C@H](OC)[C@H]2OC)O[C@@H]6COC)O[C@@H]5COC)O[C@@H]4COC)O[C@@H]3COC. The van der Waals surface area contributed by atoms with Crippen molar-refractivity contribution in [3.63, 3.8) is 0 Å². The fourth-order valence-electron chi connectivity index (χ4n) is 14.8. The maximum atomic E-state index is 11.7. The Morgan fingerprint density at radius 1 is 0.230 bits per heavy atom. The van der Waals surface area contributed by atoms with Gasteiger partial charge >= 0.3 is 0 Å². The molecule has 37 heteroatoms. The lowest BCUT2D eigenvalue weighted by Crippen LogP contribution is -2.70. The van der Waals surface area contributed by atoms with Gasteiger partial charge < -0.3 is 167 Å². The van der Waals surface area contributed by atoms with Gasteiger partial charge in [0, 0.05) is 135 Å². The average Bonchev–Trinajstić information content (AvgIpc) is 0.795. The van der Waals surface area contributed by atoms with Gasteiger partial charge in [-0.25, -0.2) is 0 Å². The quantitative estimate of drug-likeness (QED) is 0.0814. The van der Waals surface area contributed by atoms with E-state index in [0.29, 0.717) is 0 Å². The van der Waals surface area contributed by atoms with Crippen molar-refractivity contribution in [3.8, 4) is 12.1 Å². The lowest BCUT2D eigenvalue weighted by molar-refractivity contribution is -0.404. The van der Waals surface area contributed by atoms with Crippen LogP contribution in [0.5, 0.6) is 0 Å². The maximum Gasteiger partial charge on any atom is 0.187 e. The van der Waals surface area contributed by atoms with E-state index in [-0.39, 0.29) is 33.0 Å². The van der Waals surface area contributed by atoms with Crippen LogP contribution in [0.3, 0.4) is 0 Å². The molecular formula is C63H106N2O35. The third-order valence-electron chi connectivity index (χ3n) is 19.4. The van der Waals surface area contributed by atoms with E-state index in [1.54, 1.807) is 0 Å². The molecule has 0 aromatic heterocycles. The van der Waals surface area contributed by atoms with Gasteiger partial charge in [0.2, 0.25) is 0 Å². The van der Waals surface area contributed by atoms with Crippen molar-refractivity contribution in [3.05, 3.63) is 0 Å². The van der Waals surface area contributed by atoms with Crippen LogP contribution in [0.15, 0.2) is 0 Å². The molecule has 0 aromatic carbocycles. The van der Waals surface area contributed by atoms with Gasteiger partial charge in [-0.15, -0.1) is 0 Å². The van der Waals surface area contributed by atoms with E-state index in [9.17, 15) is 20.7 Å². The van der Waals surface area contributed by atoms with Crippen LogP contribution in [-0.4, -0.2) is 405 Å². The maximum absolute atomic E-state index is 11.7. The molecule has 21 aliphatic rings. The molecule has 14 bridgehead atoms. The van der Waals surface area contributed by atoms with Gasteiger partial charge in [0.05, 0.1) is 45.2 Å². The van der Waals surface area contributed by atoms with Gasteiger partial charge in [-0.05, 0) is 0 Å². The minimum Gasteiger partial charge on any atom is -0.382 e. The third kappa shape index (κ3) is 17.6. The van der Waals surface area contributed by atoms with Crippen molar-refractivity contribution in [1.29, 1.82) is 10.5 Å². The molecule has 100 heavy (non-hydrogen) atoms. The monoisotopic (exact) mass is 1450 g/mol. The first-order valence-electron chi connectivity index (χ1n) is 32.7. The number of ether oxygens (including phenoxy) is 33. The van der Waals surface area contributed by atoms with Crippen molar-refractivity contribution in [1.82, 2.24) is 0 Å². The molecule has 21 saturated heterocycles. The van der Waals surface area contributed by atoms with E-state index in [4.69, 9.17) is 156 Å². The van der Waals surface area contributed by atoms with Gasteiger partial charge in [0.1, 0.15) is 171 Å². The predicted octanol–water partition coefficient (Wildman–Crippen LogP) is -3.02. The second kappa shape index (κ2) is 40.0. The largest absolute Gasteiger partial charge is 0.382 e. The fraction of sp³-hybridized carbons (Fsp3) is 0.968. The summed E-state index contributed by atoms with van der Waals surface area (Å²) in [4.78, 5) is 0. The number of hydrogen-bond acceptors (Lipinski definition) is 37. The highest BCUT2D eigenvalue weighted by Gasteiger charge is 2.63. The molecule has 0 saturated carbocycles. The Morgan fingerprint density at radius 2 is 0.380 bits per heavy atom. The van der Waals surface area contributed by atoms with Gasteiger partial charge in [0.15, 0.2) is 56.2 Å². The summed E-state index contributed by atoms with van der Waals surface area (Å²) in [5, 5.41) is 44.5. The van der Waals surface area contributed by atoms with Gasteiger partial charge in [-0.2, -0.15) is 10.5 Å². The fourth-order valence-corrected chi connectivity index (χ4v) is 14.8. The van der Waals surface area contributed by atoms with Crippen LogP contribution in [0.4, 0.5) is 0 Å². The van der Waals surface area contributed by atoms with E-state index >= 15 is 0 Å². The second-order valence-corrected chi connectivity index (χ2v) is 24.6. The molecule has 21 heterocycles. The summed E-state index contributed by atoms with van der Waals surface area (Å²) in [6.45, 7) is -0.690. The molecule has 578 valence electrons. The van der Waals surface area contributed by atoms with Crippen molar-refractivity contribution >= 4 is 0 Å². The van der Waals surface area contributed by atoms with Gasteiger partial charge in [-0.1, -0.05) is 0 Å². The first-order chi connectivity index (χ1) is 48.5. The molecule has 2 N–H and O–H groups in total. The molecule has 0 aliphatic carbocycles. The van der Waals surface area contributed by atoms with Gasteiger partial charge in [0.25, 0.3) is 0 Å². The summed E-state index contributed by atoms with van der Waals surface area (Å²) in [6, 6.07) is 3.75. The number of aliphatic hydroxyl groups is 2. The van der Waals surface area contributed by atoms with E-state index < -0.39 is 227 Å². The summed E-state index contributed by atoms with van der Waals surface area (Å²) >= 11 is 0. The Morgan fingerprint density at radius 3 is 0.530 bits per heavy atom. The first kappa shape index (κ1) is 83.2. The Balaban J connectivity index is 1.25. The van der Waals surface area contributed by atoms with E-state index in [1.165, 1.54) is 135 Å². The number of nitriles is 2. The molecule has 37 nitrogen and oxygen atoms in total. The Labute approximate surface area is 582 Å². The number of rotatable bonds is 26. The van der Waals surface area contributed by atoms with Crippen molar-refractivity contribution in [2.24, 2.45) is 0 Å². The summed E-state index contributed by atoms with van der Waals surface area (Å²) in [5.74, 6) is 0. The topological polar surface area (TPSA) is 393 Å². The third-order valence-corrected chi connectivity index (χ3v) is 19.4. The van der Waals surface area contributed by atoms with Crippen LogP contribution in [0, 0.1) is 22.7 Å². The molecular weight excluding hydrogens is 1340 g/mol. The molecule has 21 aliphatic heterocycles. The van der Waals surface area contributed by atoms with Crippen LogP contribution >= 0.6 is 0 Å². The Hall–Kier alpha value is -2.42. The highest BCUT2D eigenvalue weighted by molar-refractivity contribution is 5.07. The molecule has 0 amide bonds. The molecule has 21 rings (SSSR count). The molecule has 0 unspecified atom stereocenters. The first-order valence-corrected chi connectivity index (χ1v) is 32.7. The minimum absolute atomic E-state index is 0.107. The number of aliphatic hydroxyl groups excluding tert-OH is 2. The second-order valence-electron chi connectivity index (χ2n) is 24.6. The van der Waals surface area contributed by atoms with Crippen LogP contribution in [-0.2, 0) is 156 Å². The molecule has 0 aromatic rings. The Kier molecular flexibility index (Phi) is 33.3. The van der Waals surface area contributed by atoms with Crippen LogP contribution in [0.1, 0.15) is 0 Å². The lowest BCUT2D eigenvalue weighted by Gasteiger charge is -2.52. The standard InChI is InChI=1S/C63H106N2O35/c1-68-22-29-36-41(73-6)50(80-13)57(87-29)95-37-30(23-69-2)90-60(53(83-16)42(37)74-7)99-48-34(27(66)20-64)93-63(56(86-19)46(48)78-11)98-40-33(26-72-5)89-59(52(82-15)45(40)77-10)96-38-31(24-70-3)91-61(54(84-17)43(38)75-8)100-49-35(28(67)21-65)92-62(55(85-18)47(49)79-12)97-39-32(25-71-4)88-58(94-36)51(81-14)44(39)76-9/h27-63,66-67H,22-26H2,1-19H3/t27-,28-,29+,30+,31+,32+,33+,34+,35+,36+,37+,38+,39+,40+,41-,42-,43-,44-,45-,46-,47-,48+,49+,50+,51+,52+,53+,54+,55+,56+,57+,58+,59+,60+,61+,62+,63+/m0/s1. The summed E-state index contributed by atoms with van der Waals surface area (Å²) in [6.07, 6.45) is -46.5. The highest BCUT2D eigenvalue weighted by Crippen LogP contribution is 2.43. The average molecular weight is 1450 g/mol. The van der Waals surface area contributed by atoms with Crippen LogP contribution in [0.25, 0.3) is 0 Å². The van der Waals surface area contributed by atoms with Crippen molar-refractivity contribution in [2.75, 3.05) is 168 Å². The Bertz CT molecular complexity index is 2420. The number of nitrogens with zero attached hydrogens (tertiary/aromatic N) is 2. The van der Waals surface area contributed by atoms with E-state index in [0.717, 1.165) is 0 Å². The number of hydrogen-bond donors (Lipinski definition) is 2. The summed E-state index contributed by atoms with van der Waals surface area (Å²) in [7, 11) is 27.1. The highest BCUT2D eigenvalue weighted by atomic mass is 16.8. The zero-order valence-corrected chi connectivity index (χ0v) is 60.2. The smallest absolute Gasteiger partial charge is 0.187 e. The van der Waals surface area contributed by atoms with E-state index in [1.807, 2.05) is 12.1 Å². The number of methoxy groups -OCH3 is 19. The zero-order chi connectivity index (χ0) is 72.6. The summed E-state index contributed by atoms with van der Waals surface area (Å²) in [5.41, 5.74) is 0. The molecule has 0 spiro atoms. The molecule has 37 atom stereocenters. The minimum atomic E-state index is -1.91. The van der Waals surface area contributed by atoms with Crippen molar-refractivity contribution < 1.29 is 167 Å². The van der Waals surface area contributed by atoms with Crippen LogP contribution in [0.2, 0.25) is 0 Å². The van der Waals surface area contributed by atoms with Crippen molar-refractivity contribution in [2.45, 2.75) is 227 Å². The zero-order valence-electron chi connectivity index (χ0n) is 60.2. The lowest BCUT2D eigenvalue weighted by atomic mass is 9.93. The van der Waals surface area contributed by atoms with Gasteiger partial charge in [-0.3, -0.25) is 0 Å².